The topological polar surface area (TPSA) is 62.2 Å². The standard InChI is InChI=1S/C11H13FN2O2/c12-9-6-13-5-2-8(9)10(16)14-11(7-15)3-1-4-11/h2,5-6,15H,1,3-4,7H2,(H,14,16). The molecule has 0 unspecified atom stereocenters. The van der Waals surface area contributed by atoms with Crippen LogP contribution in [0.5, 0.6) is 0 Å². The lowest BCUT2D eigenvalue weighted by molar-refractivity contribution is 0.0638. The normalized spacial score (nSPS) is 17.6. The SMILES string of the molecule is O=C(NC1(CO)CCC1)c1ccncc1F. The van der Waals surface area contributed by atoms with E-state index in [9.17, 15) is 14.3 Å². The van der Waals surface area contributed by atoms with Crippen molar-refractivity contribution in [3.05, 3.63) is 29.8 Å². The van der Waals surface area contributed by atoms with Crippen molar-refractivity contribution in [2.24, 2.45) is 0 Å². The Labute approximate surface area is 92.5 Å². The van der Waals surface area contributed by atoms with Crippen LogP contribution < -0.4 is 5.32 Å². The fraction of sp³-hybridized carbons (Fsp3) is 0.455. The Morgan fingerprint density at radius 3 is 2.88 bits per heavy atom. The van der Waals surface area contributed by atoms with E-state index in [1.807, 2.05) is 0 Å². The smallest absolute Gasteiger partial charge is 0.254 e. The molecule has 1 fully saturated rings. The number of aromatic nitrogens is 1. The summed E-state index contributed by atoms with van der Waals surface area (Å²) in [5.41, 5.74) is -0.581. The van der Waals surface area contributed by atoms with Crippen LogP contribution in [0.1, 0.15) is 29.6 Å². The number of carbonyl (C=O) groups excluding carboxylic acids is 1. The molecule has 0 saturated heterocycles. The first-order valence-electron chi connectivity index (χ1n) is 5.20. The Kier molecular flexibility index (Phi) is 2.87. The maximum Gasteiger partial charge on any atom is 0.254 e. The molecule has 1 aliphatic rings. The van der Waals surface area contributed by atoms with Crippen LogP contribution in [-0.2, 0) is 0 Å². The largest absolute Gasteiger partial charge is 0.394 e. The van der Waals surface area contributed by atoms with Gasteiger partial charge < -0.3 is 10.4 Å². The van der Waals surface area contributed by atoms with Gasteiger partial charge in [-0.05, 0) is 25.3 Å². The molecule has 1 saturated carbocycles. The summed E-state index contributed by atoms with van der Waals surface area (Å²) in [5, 5.41) is 11.9. The molecule has 1 amide bonds. The number of pyridine rings is 1. The first kappa shape index (κ1) is 11.0. The fourth-order valence-corrected chi connectivity index (χ4v) is 1.79. The Morgan fingerprint density at radius 2 is 2.38 bits per heavy atom. The first-order chi connectivity index (χ1) is 7.67. The number of nitrogens with one attached hydrogen (secondary N) is 1. The lowest BCUT2D eigenvalue weighted by Crippen LogP contribution is -2.56. The van der Waals surface area contributed by atoms with Crippen LogP contribution in [0.3, 0.4) is 0 Å². The average Bonchev–Trinajstić information content (AvgIpc) is 2.24. The van der Waals surface area contributed by atoms with Crippen molar-refractivity contribution in [1.29, 1.82) is 0 Å². The zero-order valence-electron chi connectivity index (χ0n) is 8.74. The molecule has 1 heterocycles. The van der Waals surface area contributed by atoms with E-state index in [1.165, 1.54) is 12.3 Å². The number of aliphatic hydroxyl groups excluding tert-OH is 1. The Morgan fingerprint density at radius 1 is 1.62 bits per heavy atom. The van der Waals surface area contributed by atoms with E-state index in [4.69, 9.17) is 0 Å². The van der Waals surface area contributed by atoms with Gasteiger partial charge in [-0.25, -0.2) is 4.39 Å². The van der Waals surface area contributed by atoms with Gasteiger partial charge in [-0.1, -0.05) is 0 Å². The van der Waals surface area contributed by atoms with Gasteiger partial charge >= 0.3 is 0 Å². The molecule has 2 rings (SSSR count). The lowest BCUT2D eigenvalue weighted by Gasteiger charge is -2.40. The van der Waals surface area contributed by atoms with Crippen LogP contribution in [0, 0.1) is 5.82 Å². The predicted molar refractivity (Wildman–Crippen MR) is 55.3 cm³/mol. The highest BCUT2D eigenvalue weighted by Crippen LogP contribution is 2.31. The predicted octanol–water partition coefficient (Wildman–Crippen LogP) is 0.865. The third-order valence-corrected chi connectivity index (χ3v) is 3.01. The molecule has 1 aliphatic carbocycles. The van der Waals surface area contributed by atoms with Crippen LogP contribution in [0.15, 0.2) is 18.5 Å². The molecule has 0 atom stereocenters. The summed E-state index contributed by atoms with van der Waals surface area (Å²) in [5.74, 6) is -1.14. The quantitative estimate of drug-likeness (QED) is 0.800. The van der Waals surface area contributed by atoms with Gasteiger partial charge in [0.15, 0.2) is 5.82 Å². The number of aliphatic hydroxyl groups is 1. The Balaban J connectivity index is 2.11. The molecule has 2 N–H and O–H groups in total. The third kappa shape index (κ3) is 1.90. The highest BCUT2D eigenvalue weighted by Gasteiger charge is 2.38. The van der Waals surface area contributed by atoms with Gasteiger partial charge in [-0.2, -0.15) is 0 Å². The highest BCUT2D eigenvalue weighted by molar-refractivity contribution is 5.94. The molecular formula is C11H13FN2O2. The van der Waals surface area contributed by atoms with Gasteiger partial charge in [-0.3, -0.25) is 9.78 Å². The lowest BCUT2D eigenvalue weighted by atomic mass is 9.77. The van der Waals surface area contributed by atoms with E-state index < -0.39 is 17.3 Å². The zero-order valence-corrected chi connectivity index (χ0v) is 8.74. The van der Waals surface area contributed by atoms with Crippen molar-refractivity contribution in [3.8, 4) is 0 Å². The van der Waals surface area contributed by atoms with Crippen molar-refractivity contribution in [1.82, 2.24) is 10.3 Å². The maximum atomic E-state index is 13.3. The van der Waals surface area contributed by atoms with Crippen LogP contribution >= 0.6 is 0 Å². The van der Waals surface area contributed by atoms with E-state index in [-0.39, 0.29) is 12.2 Å². The number of hydrogen-bond donors (Lipinski definition) is 2. The monoisotopic (exact) mass is 224 g/mol. The summed E-state index contributed by atoms with van der Waals surface area (Å²) >= 11 is 0. The number of rotatable bonds is 3. The minimum Gasteiger partial charge on any atom is -0.394 e. The average molecular weight is 224 g/mol. The van der Waals surface area contributed by atoms with Crippen molar-refractivity contribution < 1.29 is 14.3 Å². The second kappa shape index (κ2) is 4.17. The number of amides is 1. The number of halogens is 1. The molecule has 0 bridgehead atoms. The van der Waals surface area contributed by atoms with Gasteiger partial charge in [0.05, 0.1) is 23.9 Å². The molecule has 5 heteroatoms. The second-order valence-corrected chi connectivity index (χ2v) is 4.10. The Bertz CT molecular complexity index is 399. The third-order valence-electron chi connectivity index (χ3n) is 3.01. The summed E-state index contributed by atoms with van der Waals surface area (Å²) in [6, 6.07) is 1.33. The van der Waals surface area contributed by atoms with E-state index in [2.05, 4.69) is 10.3 Å². The fourth-order valence-electron chi connectivity index (χ4n) is 1.79. The van der Waals surface area contributed by atoms with Crippen LogP contribution in [0.4, 0.5) is 4.39 Å². The van der Waals surface area contributed by atoms with E-state index in [0.717, 1.165) is 25.5 Å². The minimum atomic E-state index is -0.646. The maximum absolute atomic E-state index is 13.3. The van der Waals surface area contributed by atoms with Crippen molar-refractivity contribution in [3.63, 3.8) is 0 Å². The molecule has 1 aromatic rings. The molecule has 0 aliphatic heterocycles. The molecule has 0 aromatic carbocycles. The molecule has 86 valence electrons. The van der Waals surface area contributed by atoms with Gasteiger partial charge in [0.1, 0.15) is 0 Å². The van der Waals surface area contributed by atoms with E-state index >= 15 is 0 Å². The zero-order chi connectivity index (χ0) is 11.6. The number of carbonyl (C=O) groups is 1. The first-order valence-corrected chi connectivity index (χ1v) is 5.20. The van der Waals surface area contributed by atoms with Crippen LogP contribution in [0.2, 0.25) is 0 Å². The van der Waals surface area contributed by atoms with Crippen molar-refractivity contribution in [2.45, 2.75) is 24.8 Å². The van der Waals surface area contributed by atoms with Gasteiger partial charge in [0.2, 0.25) is 0 Å². The molecule has 16 heavy (non-hydrogen) atoms. The number of hydrogen-bond acceptors (Lipinski definition) is 3. The summed E-state index contributed by atoms with van der Waals surface area (Å²) in [4.78, 5) is 15.3. The van der Waals surface area contributed by atoms with Crippen molar-refractivity contribution in [2.75, 3.05) is 6.61 Å². The summed E-state index contributed by atoms with van der Waals surface area (Å²) in [6.07, 6.45) is 4.81. The molecule has 0 spiro atoms. The van der Waals surface area contributed by atoms with E-state index in [0.29, 0.717) is 0 Å². The highest BCUT2D eigenvalue weighted by atomic mass is 19.1. The van der Waals surface area contributed by atoms with Gasteiger partial charge in [-0.15, -0.1) is 0 Å². The Hall–Kier alpha value is -1.49. The second-order valence-electron chi connectivity index (χ2n) is 4.10. The van der Waals surface area contributed by atoms with Crippen LogP contribution in [0.25, 0.3) is 0 Å². The van der Waals surface area contributed by atoms with E-state index in [1.54, 1.807) is 0 Å². The molecule has 1 aromatic heterocycles. The molecular weight excluding hydrogens is 211 g/mol. The van der Waals surface area contributed by atoms with Gasteiger partial charge in [0, 0.05) is 6.20 Å². The van der Waals surface area contributed by atoms with Crippen LogP contribution in [-0.4, -0.2) is 28.1 Å². The van der Waals surface area contributed by atoms with Crippen molar-refractivity contribution >= 4 is 5.91 Å². The number of nitrogens with zero attached hydrogens (tertiary/aromatic N) is 1. The van der Waals surface area contributed by atoms with Gasteiger partial charge in [0.25, 0.3) is 5.91 Å². The molecule has 0 radical (unpaired) electrons. The molecule has 4 nitrogen and oxygen atoms in total. The summed E-state index contributed by atoms with van der Waals surface area (Å²) in [7, 11) is 0. The summed E-state index contributed by atoms with van der Waals surface area (Å²) < 4.78 is 13.3. The minimum absolute atomic E-state index is 0.0327. The summed E-state index contributed by atoms with van der Waals surface area (Å²) in [6.45, 7) is -0.106.